The second-order valence-corrected chi connectivity index (χ2v) is 12.6. The smallest absolute Gasteiger partial charge is 0.164 e. The standard InChI is InChI=1S/C46H31N3/c1-30-20-22-31(23-21-30)35-26-36(34-24-25-42-40-18-9-8-16-38(40)39-17-10-11-19-41(39)43(42)29-34)28-37(27-35)46-48-44(32-12-4-2-5-13-32)47-45(49-46)33-14-6-3-7-15-33/h2-29H,1H3. The lowest BCUT2D eigenvalue weighted by atomic mass is 9.90. The van der Waals surface area contributed by atoms with E-state index in [4.69, 9.17) is 15.0 Å². The van der Waals surface area contributed by atoms with Crippen molar-refractivity contribution < 1.29 is 0 Å². The zero-order valence-corrected chi connectivity index (χ0v) is 27.0. The molecule has 0 aliphatic heterocycles. The average Bonchev–Trinajstić information content (AvgIpc) is 3.18. The SMILES string of the molecule is Cc1ccc(-c2cc(-c3ccc4c5ccccc5c5ccccc5c4c3)cc(-c3nc(-c4ccccc4)nc(-c4ccccc4)n3)c2)cc1. The normalized spacial score (nSPS) is 11.4. The first kappa shape index (κ1) is 28.7. The molecule has 0 radical (unpaired) electrons. The Labute approximate surface area is 285 Å². The molecule has 0 saturated carbocycles. The third-order valence-corrected chi connectivity index (χ3v) is 9.35. The van der Waals surface area contributed by atoms with E-state index in [0.29, 0.717) is 17.5 Å². The Hall–Kier alpha value is -6.45. The fourth-order valence-corrected chi connectivity index (χ4v) is 6.86. The summed E-state index contributed by atoms with van der Waals surface area (Å²) in [6.07, 6.45) is 0. The molecule has 3 nitrogen and oxygen atoms in total. The van der Waals surface area contributed by atoms with Crippen molar-refractivity contribution >= 4 is 32.3 Å². The number of rotatable bonds is 5. The summed E-state index contributed by atoms with van der Waals surface area (Å²) in [5.74, 6) is 1.94. The quantitative estimate of drug-likeness (QED) is 0.179. The van der Waals surface area contributed by atoms with Gasteiger partial charge in [-0.05, 0) is 85.8 Å². The molecule has 0 amide bonds. The van der Waals surface area contributed by atoms with Crippen LogP contribution in [-0.4, -0.2) is 15.0 Å². The predicted octanol–water partition coefficient (Wildman–Crippen LogP) is 12.0. The molecule has 1 heterocycles. The number of benzene rings is 8. The Morgan fingerprint density at radius 2 is 0.653 bits per heavy atom. The van der Waals surface area contributed by atoms with E-state index in [9.17, 15) is 0 Å². The van der Waals surface area contributed by atoms with Crippen molar-refractivity contribution in [3.8, 4) is 56.4 Å². The van der Waals surface area contributed by atoms with E-state index in [1.54, 1.807) is 0 Å². The molecule has 230 valence electrons. The summed E-state index contributed by atoms with van der Waals surface area (Å²) >= 11 is 0. The van der Waals surface area contributed by atoms with Gasteiger partial charge in [0.15, 0.2) is 17.5 Å². The summed E-state index contributed by atoms with van der Waals surface area (Å²) in [4.78, 5) is 15.1. The topological polar surface area (TPSA) is 38.7 Å². The minimum atomic E-state index is 0.639. The summed E-state index contributed by atoms with van der Waals surface area (Å²) in [6.45, 7) is 2.12. The molecule has 3 heteroatoms. The summed E-state index contributed by atoms with van der Waals surface area (Å²) in [7, 11) is 0. The average molecular weight is 626 g/mol. The largest absolute Gasteiger partial charge is 0.208 e. The van der Waals surface area contributed by atoms with Crippen molar-refractivity contribution in [3.63, 3.8) is 0 Å². The van der Waals surface area contributed by atoms with Crippen molar-refractivity contribution in [2.75, 3.05) is 0 Å². The molecular formula is C46H31N3. The van der Waals surface area contributed by atoms with Crippen LogP contribution in [0.4, 0.5) is 0 Å². The Morgan fingerprint density at radius 1 is 0.265 bits per heavy atom. The highest BCUT2D eigenvalue weighted by molar-refractivity contribution is 6.25. The molecule has 0 bridgehead atoms. The van der Waals surface area contributed by atoms with Gasteiger partial charge >= 0.3 is 0 Å². The van der Waals surface area contributed by atoms with E-state index in [1.807, 2.05) is 60.7 Å². The molecule has 0 spiro atoms. The van der Waals surface area contributed by atoms with Gasteiger partial charge in [-0.1, -0.05) is 151 Å². The van der Waals surface area contributed by atoms with Gasteiger partial charge in [-0.25, -0.2) is 15.0 Å². The third kappa shape index (κ3) is 5.32. The zero-order valence-electron chi connectivity index (χ0n) is 27.0. The van der Waals surface area contributed by atoms with Crippen molar-refractivity contribution in [1.82, 2.24) is 15.0 Å². The first-order valence-electron chi connectivity index (χ1n) is 16.6. The van der Waals surface area contributed by atoms with Gasteiger partial charge in [0.05, 0.1) is 0 Å². The molecule has 0 aliphatic rings. The highest BCUT2D eigenvalue weighted by Gasteiger charge is 2.16. The van der Waals surface area contributed by atoms with E-state index in [0.717, 1.165) is 38.9 Å². The van der Waals surface area contributed by atoms with Crippen LogP contribution in [0.1, 0.15) is 5.56 Å². The number of hydrogen-bond donors (Lipinski definition) is 0. The highest BCUT2D eigenvalue weighted by atomic mass is 15.0. The third-order valence-electron chi connectivity index (χ3n) is 9.35. The fourth-order valence-electron chi connectivity index (χ4n) is 6.86. The molecule has 0 unspecified atom stereocenters. The van der Waals surface area contributed by atoms with Crippen LogP contribution in [0.25, 0.3) is 88.7 Å². The van der Waals surface area contributed by atoms with E-state index in [1.165, 1.54) is 37.9 Å². The number of aromatic nitrogens is 3. The second-order valence-electron chi connectivity index (χ2n) is 12.6. The lowest BCUT2D eigenvalue weighted by Crippen LogP contribution is -2.00. The van der Waals surface area contributed by atoms with Gasteiger partial charge in [0.25, 0.3) is 0 Å². The summed E-state index contributed by atoms with van der Waals surface area (Å²) in [5.41, 5.74) is 8.57. The molecule has 8 aromatic carbocycles. The van der Waals surface area contributed by atoms with Crippen LogP contribution in [-0.2, 0) is 0 Å². The van der Waals surface area contributed by atoms with E-state index >= 15 is 0 Å². The lowest BCUT2D eigenvalue weighted by Gasteiger charge is -2.14. The van der Waals surface area contributed by atoms with Gasteiger partial charge in [0.1, 0.15) is 0 Å². The Bertz CT molecular complexity index is 2550. The molecule has 9 aromatic rings. The maximum atomic E-state index is 5.09. The Kier molecular flexibility index (Phi) is 7.02. The Morgan fingerprint density at radius 3 is 1.18 bits per heavy atom. The van der Waals surface area contributed by atoms with Gasteiger partial charge in [-0.15, -0.1) is 0 Å². The van der Waals surface area contributed by atoms with Crippen molar-refractivity contribution in [2.45, 2.75) is 6.92 Å². The zero-order chi connectivity index (χ0) is 32.7. The minimum Gasteiger partial charge on any atom is -0.208 e. The number of fused-ring (bicyclic) bond motifs is 6. The van der Waals surface area contributed by atoms with Crippen LogP contribution >= 0.6 is 0 Å². The van der Waals surface area contributed by atoms with Crippen LogP contribution in [0.3, 0.4) is 0 Å². The fraction of sp³-hybridized carbons (Fsp3) is 0.0217. The number of nitrogens with zero attached hydrogens (tertiary/aromatic N) is 3. The Balaban J connectivity index is 1.29. The van der Waals surface area contributed by atoms with Crippen LogP contribution < -0.4 is 0 Å². The van der Waals surface area contributed by atoms with Crippen molar-refractivity contribution in [1.29, 1.82) is 0 Å². The van der Waals surface area contributed by atoms with E-state index in [2.05, 4.69) is 116 Å². The van der Waals surface area contributed by atoms with E-state index < -0.39 is 0 Å². The van der Waals surface area contributed by atoms with Gasteiger partial charge in [0, 0.05) is 16.7 Å². The van der Waals surface area contributed by atoms with Crippen LogP contribution in [0, 0.1) is 6.92 Å². The first-order chi connectivity index (χ1) is 24.2. The number of hydrogen-bond acceptors (Lipinski definition) is 3. The van der Waals surface area contributed by atoms with Gasteiger partial charge in [-0.3, -0.25) is 0 Å². The maximum absolute atomic E-state index is 5.09. The summed E-state index contributed by atoms with van der Waals surface area (Å²) in [5, 5.41) is 7.57. The van der Waals surface area contributed by atoms with Gasteiger partial charge in [-0.2, -0.15) is 0 Å². The summed E-state index contributed by atoms with van der Waals surface area (Å²) in [6, 6.07) is 60.0. The van der Waals surface area contributed by atoms with Crippen LogP contribution in [0.15, 0.2) is 170 Å². The lowest BCUT2D eigenvalue weighted by molar-refractivity contribution is 1.07. The second kappa shape index (κ2) is 12.0. The molecule has 1 aromatic heterocycles. The van der Waals surface area contributed by atoms with Crippen molar-refractivity contribution in [3.05, 3.63) is 175 Å². The van der Waals surface area contributed by atoms with E-state index in [-0.39, 0.29) is 0 Å². The molecule has 0 N–H and O–H groups in total. The summed E-state index contributed by atoms with van der Waals surface area (Å²) < 4.78 is 0. The molecular weight excluding hydrogens is 595 g/mol. The maximum Gasteiger partial charge on any atom is 0.164 e. The first-order valence-corrected chi connectivity index (χ1v) is 16.6. The van der Waals surface area contributed by atoms with Gasteiger partial charge < -0.3 is 0 Å². The van der Waals surface area contributed by atoms with Crippen molar-refractivity contribution in [2.24, 2.45) is 0 Å². The van der Waals surface area contributed by atoms with Crippen LogP contribution in [0.5, 0.6) is 0 Å². The highest BCUT2D eigenvalue weighted by Crippen LogP contribution is 2.39. The molecule has 0 atom stereocenters. The number of aryl methyl sites for hydroxylation is 1. The minimum absolute atomic E-state index is 0.639. The molecule has 49 heavy (non-hydrogen) atoms. The monoisotopic (exact) mass is 625 g/mol. The molecule has 0 saturated heterocycles. The predicted molar refractivity (Wildman–Crippen MR) is 204 cm³/mol. The molecule has 9 rings (SSSR count). The van der Waals surface area contributed by atoms with Crippen LogP contribution in [0.2, 0.25) is 0 Å². The molecule has 0 aliphatic carbocycles. The van der Waals surface area contributed by atoms with Gasteiger partial charge in [0.2, 0.25) is 0 Å². The molecule has 0 fully saturated rings.